The van der Waals surface area contributed by atoms with Gasteiger partial charge in [-0.25, -0.2) is 9.79 Å². The van der Waals surface area contributed by atoms with Gasteiger partial charge in [0.2, 0.25) is 5.91 Å². The minimum Gasteiger partial charge on any atom is -0.480 e. The Balaban J connectivity index is 1.67. The number of unbranched alkanes of at least 4 members (excludes halogenated alkanes) is 1. The van der Waals surface area contributed by atoms with Gasteiger partial charge in [0.05, 0.1) is 5.69 Å². The normalized spacial score (nSPS) is 13.4. The summed E-state index contributed by atoms with van der Waals surface area (Å²) in [4.78, 5) is 35.7. The first-order chi connectivity index (χ1) is 18.4. The molecule has 38 heavy (non-hydrogen) atoms. The van der Waals surface area contributed by atoms with Crippen LogP contribution in [0, 0.1) is 5.92 Å². The number of hydrogen-bond acceptors (Lipinski definition) is 6. The lowest BCUT2D eigenvalue weighted by Gasteiger charge is -2.31. The molecule has 1 aromatic heterocycles. The lowest BCUT2D eigenvalue weighted by atomic mass is 9.96. The van der Waals surface area contributed by atoms with Gasteiger partial charge in [-0.15, -0.1) is 5.11 Å². The monoisotopic (exact) mass is 511 g/mol. The number of amidine groups is 1. The van der Waals surface area contributed by atoms with Crippen LogP contribution in [0.2, 0.25) is 0 Å². The highest BCUT2D eigenvalue weighted by Crippen LogP contribution is 2.30. The number of rotatable bonds is 11. The van der Waals surface area contributed by atoms with Gasteiger partial charge in [0.1, 0.15) is 6.04 Å². The number of azo groups is 1. The van der Waals surface area contributed by atoms with Crippen molar-refractivity contribution >= 4 is 17.7 Å². The van der Waals surface area contributed by atoms with Crippen LogP contribution >= 0.6 is 0 Å². The van der Waals surface area contributed by atoms with Gasteiger partial charge >= 0.3 is 5.97 Å². The molecule has 1 amide bonds. The molecular weight excluding hydrogens is 478 g/mol. The number of aliphatic carboxylic acids is 1. The summed E-state index contributed by atoms with van der Waals surface area (Å²) in [6.07, 6.45) is 3.62. The summed E-state index contributed by atoms with van der Waals surface area (Å²) < 4.78 is 0. The second kappa shape index (κ2) is 12.4. The van der Waals surface area contributed by atoms with Crippen molar-refractivity contribution in [1.82, 2.24) is 9.88 Å². The molecule has 0 spiro atoms. The standard InChI is InChI=1S/C30H33N5O3/c1-4-5-11-27(36)35(28(20(2)3)30(37)38)18-21-12-15-26(31-17-21)25-16-23(22-9-7-6-8-10-22)13-14-24(25)29-32-19-33-34-29/h6-10,12-17,20,28H,4-5,11,18-19H2,1-3H3,(H,37,38)/t28-/m0/s1. The number of nitrogens with zero attached hydrogens (tertiary/aromatic N) is 5. The molecule has 8 nitrogen and oxygen atoms in total. The Morgan fingerprint density at radius 1 is 1.00 bits per heavy atom. The minimum atomic E-state index is -0.997. The molecule has 1 atom stereocenters. The van der Waals surface area contributed by atoms with Gasteiger partial charge < -0.3 is 10.0 Å². The number of carbonyl (C=O) groups excluding carboxylic acids is 1. The molecule has 0 aliphatic carbocycles. The Bertz CT molecular complexity index is 1330. The molecule has 0 fully saturated rings. The van der Waals surface area contributed by atoms with Crippen molar-refractivity contribution in [3.63, 3.8) is 0 Å². The SMILES string of the molecule is CCCCC(=O)N(Cc1ccc(-c2cc(-c3ccccc3)ccc2C2=NCN=N2)nc1)[C@H](C(=O)O)C(C)C. The molecule has 1 aliphatic heterocycles. The number of amides is 1. The third-order valence-electron chi connectivity index (χ3n) is 6.56. The van der Waals surface area contributed by atoms with Crippen LogP contribution in [0.4, 0.5) is 0 Å². The lowest BCUT2D eigenvalue weighted by molar-refractivity contribution is -0.153. The number of carbonyl (C=O) groups is 2. The minimum absolute atomic E-state index is 0.153. The zero-order valence-corrected chi connectivity index (χ0v) is 22.0. The van der Waals surface area contributed by atoms with Crippen LogP contribution < -0.4 is 0 Å². The second-order valence-corrected chi connectivity index (χ2v) is 9.69. The topological polar surface area (TPSA) is 108 Å². The zero-order valence-electron chi connectivity index (χ0n) is 22.0. The van der Waals surface area contributed by atoms with Crippen molar-refractivity contribution in [2.75, 3.05) is 6.67 Å². The molecule has 4 rings (SSSR count). The van der Waals surface area contributed by atoms with Crippen molar-refractivity contribution in [1.29, 1.82) is 0 Å². The summed E-state index contributed by atoms with van der Waals surface area (Å²) in [7, 11) is 0. The maximum atomic E-state index is 13.0. The van der Waals surface area contributed by atoms with Crippen LogP contribution in [0.3, 0.4) is 0 Å². The number of pyridine rings is 1. The largest absolute Gasteiger partial charge is 0.480 e. The first-order valence-corrected chi connectivity index (χ1v) is 13.0. The van der Waals surface area contributed by atoms with Gasteiger partial charge in [0.15, 0.2) is 12.5 Å². The Morgan fingerprint density at radius 2 is 1.79 bits per heavy atom. The quantitative estimate of drug-likeness (QED) is 0.330. The molecular formula is C30H33N5O3. The van der Waals surface area contributed by atoms with Crippen LogP contribution in [0.1, 0.15) is 51.2 Å². The van der Waals surface area contributed by atoms with Crippen molar-refractivity contribution in [3.8, 4) is 22.4 Å². The molecule has 8 heteroatoms. The van der Waals surface area contributed by atoms with E-state index < -0.39 is 12.0 Å². The van der Waals surface area contributed by atoms with Crippen molar-refractivity contribution in [3.05, 3.63) is 78.0 Å². The highest BCUT2D eigenvalue weighted by molar-refractivity contribution is 6.05. The van der Waals surface area contributed by atoms with Crippen LogP contribution in [-0.2, 0) is 16.1 Å². The summed E-state index contributed by atoms with van der Waals surface area (Å²) in [6.45, 7) is 6.15. The first kappa shape index (κ1) is 26.9. The van der Waals surface area contributed by atoms with Gasteiger partial charge in [-0.05, 0) is 47.2 Å². The third kappa shape index (κ3) is 6.19. The van der Waals surface area contributed by atoms with Gasteiger partial charge in [0.25, 0.3) is 0 Å². The third-order valence-corrected chi connectivity index (χ3v) is 6.56. The molecule has 0 radical (unpaired) electrons. The molecule has 196 valence electrons. The second-order valence-electron chi connectivity index (χ2n) is 9.69. The van der Waals surface area contributed by atoms with E-state index in [4.69, 9.17) is 4.98 Å². The molecule has 0 saturated heterocycles. The average Bonchev–Trinajstić information content (AvgIpc) is 3.46. The highest BCUT2D eigenvalue weighted by Gasteiger charge is 2.32. The van der Waals surface area contributed by atoms with E-state index in [9.17, 15) is 14.7 Å². The maximum Gasteiger partial charge on any atom is 0.326 e. The smallest absolute Gasteiger partial charge is 0.326 e. The van der Waals surface area contributed by atoms with E-state index >= 15 is 0 Å². The van der Waals surface area contributed by atoms with Gasteiger partial charge in [0, 0.05) is 30.3 Å². The van der Waals surface area contributed by atoms with Crippen LogP contribution in [0.25, 0.3) is 22.4 Å². The number of aliphatic imine (C=N–C) groups is 1. The van der Waals surface area contributed by atoms with E-state index in [0.29, 0.717) is 18.9 Å². The lowest BCUT2D eigenvalue weighted by Crippen LogP contribution is -2.47. The fourth-order valence-corrected chi connectivity index (χ4v) is 4.59. The summed E-state index contributed by atoms with van der Waals surface area (Å²) >= 11 is 0. The Labute approximate surface area is 223 Å². The Hall–Kier alpha value is -4.20. The molecule has 0 bridgehead atoms. The van der Waals surface area contributed by atoms with Crippen LogP contribution in [0.5, 0.6) is 0 Å². The van der Waals surface area contributed by atoms with Gasteiger partial charge in [-0.3, -0.25) is 9.78 Å². The number of hydrogen-bond donors (Lipinski definition) is 1. The predicted molar refractivity (Wildman–Crippen MR) is 148 cm³/mol. The highest BCUT2D eigenvalue weighted by atomic mass is 16.4. The number of aromatic nitrogens is 1. The number of carboxylic acids is 1. The molecule has 2 aromatic carbocycles. The van der Waals surface area contributed by atoms with E-state index in [1.165, 1.54) is 4.90 Å². The van der Waals surface area contributed by atoms with Crippen LogP contribution in [-0.4, -0.2) is 45.4 Å². The van der Waals surface area contributed by atoms with Gasteiger partial charge in [-0.1, -0.05) is 69.7 Å². The summed E-state index contributed by atoms with van der Waals surface area (Å²) in [5.41, 5.74) is 5.34. The van der Waals surface area contributed by atoms with Crippen molar-refractivity contribution in [2.24, 2.45) is 21.1 Å². The van der Waals surface area contributed by atoms with E-state index in [1.54, 1.807) is 6.20 Å². The molecule has 0 unspecified atom stereocenters. The Morgan fingerprint density at radius 3 is 2.39 bits per heavy atom. The first-order valence-electron chi connectivity index (χ1n) is 13.0. The van der Waals surface area contributed by atoms with Crippen LogP contribution in [0.15, 0.2) is 82.1 Å². The maximum absolute atomic E-state index is 13.0. The molecule has 0 saturated carbocycles. The van der Waals surface area contributed by atoms with Crippen molar-refractivity contribution < 1.29 is 14.7 Å². The Kier molecular flexibility index (Phi) is 8.73. The van der Waals surface area contributed by atoms with E-state index in [-0.39, 0.29) is 18.4 Å². The fourth-order valence-electron chi connectivity index (χ4n) is 4.59. The summed E-state index contributed by atoms with van der Waals surface area (Å²) in [5, 5.41) is 18.1. The van der Waals surface area contributed by atoms with E-state index in [1.807, 2.05) is 63.2 Å². The molecule has 3 aromatic rings. The summed E-state index contributed by atoms with van der Waals surface area (Å²) in [5.74, 6) is -0.808. The predicted octanol–water partition coefficient (Wildman–Crippen LogP) is 6.21. The summed E-state index contributed by atoms with van der Waals surface area (Å²) in [6, 6.07) is 19.1. The molecule has 1 aliphatic rings. The number of benzene rings is 2. The van der Waals surface area contributed by atoms with Gasteiger partial charge in [-0.2, -0.15) is 5.11 Å². The van der Waals surface area contributed by atoms with Crippen molar-refractivity contribution in [2.45, 2.75) is 52.6 Å². The molecule has 2 heterocycles. The van der Waals surface area contributed by atoms with E-state index in [0.717, 1.165) is 46.4 Å². The fraction of sp³-hybridized carbons (Fsp3) is 0.333. The average molecular weight is 512 g/mol. The zero-order chi connectivity index (χ0) is 27.1. The molecule has 1 N–H and O–H groups in total. The number of carboxylic acid groups (broad SMARTS) is 1. The van der Waals surface area contributed by atoms with E-state index in [2.05, 4.69) is 33.4 Å².